The Morgan fingerprint density at radius 2 is 0.567 bits per heavy atom. The second-order valence-electron chi connectivity index (χ2n) is 15.9. The third-order valence-electron chi connectivity index (χ3n) is 12.6. The number of nitrogens with zero attached hydrogens (tertiary/aromatic N) is 4. The van der Waals surface area contributed by atoms with Gasteiger partial charge in [0.25, 0.3) is 0 Å². The second-order valence-corrected chi connectivity index (χ2v) is 15.9. The molecule has 11 rings (SSSR count). The van der Waals surface area contributed by atoms with Gasteiger partial charge in [-0.3, -0.25) is 0 Å². The summed E-state index contributed by atoms with van der Waals surface area (Å²) in [7, 11) is 0. The van der Waals surface area contributed by atoms with E-state index in [2.05, 4.69) is 185 Å². The highest BCUT2D eigenvalue weighted by molar-refractivity contribution is 6.10. The highest BCUT2D eigenvalue weighted by Gasteiger charge is 2.17. The summed E-state index contributed by atoms with van der Waals surface area (Å²) in [6.45, 7) is 8.75. The van der Waals surface area contributed by atoms with Gasteiger partial charge in [0.2, 0.25) is 0 Å². The zero-order chi connectivity index (χ0) is 40.5. The number of aromatic nitrogens is 4. The van der Waals surface area contributed by atoms with Gasteiger partial charge in [-0.25, -0.2) is 19.9 Å². The Labute approximate surface area is 348 Å². The van der Waals surface area contributed by atoms with E-state index < -0.39 is 0 Å². The zero-order valence-electron chi connectivity index (χ0n) is 34.0. The van der Waals surface area contributed by atoms with Crippen molar-refractivity contribution >= 4 is 54.4 Å². The molecule has 0 unspecified atom stereocenters. The van der Waals surface area contributed by atoms with Crippen molar-refractivity contribution in [2.75, 3.05) is 0 Å². The van der Waals surface area contributed by atoms with Crippen LogP contribution in [0.5, 0.6) is 0 Å². The van der Waals surface area contributed by atoms with Crippen molar-refractivity contribution in [3.8, 4) is 56.2 Å². The van der Waals surface area contributed by atoms with Crippen LogP contribution in [0.1, 0.15) is 22.3 Å². The lowest BCUT2D eigenvalue weighted by Gasteiger charge is -2.15. The SMILES string of the molecule is Cc1c(C)c2ccc(-c3ccc(-c4cccc5c(-c6ccc7c(C)c(C)c8ccc(-c9ccccc9)nc8c7n6)cccc45)cc3)nc2c2nc(-c3ccccc3)ccc12. The number of benzene rings is 7. The van der Waals surface area contributed by atoms with Crippen molar-refractivity contribution in [3.05, 3.63) is 192 Å². The number of hydrogen-bond acceptors (Lipinski definition) is 4. The molecule has 0 aliphatic rings. The van der Waals surface area contributed by atoms with E-state index in [9.17, 15) is 0 Å². The maximum atomic E-state index is 5.40. The van der Waals surface area contributed by atoms with Crippen molar-refractivity contribution in [1.29, 1.82) is 0 Å². The predicted octanol–water partition coefficient (Wildman–Crippen LogP) is 14.6. The van der Waals surface area contributed by atoms with Crippen LogP contribution in [0.25, 0.3) is 111 Å². The summed E-state index contributed by atoms with van der Waals surface area (Å²) >= 11 is 0. The largest absolute Gasteiger partial charge is 0.245 e. The van der Waals surface area contributed by atoms with E-state index in [1.165, 1.54) is 33.2 Å². The summed E-state index contributed by atoms with van der Waals surface area (Å²) in [5.41, 5.74) is 19.1. The van der Waals surface area contributed by atoms with E-state index in [0.717, 1.165) is 99.6 Å². The Hall–Kier alpha value is -7.56. The molecule has 0 saturated heterocycles. The van der Waals surface area contributed by atoms with Crippen molar-refractivity contribution in [3.63, 3.8) is 0 Å². The molecule has 7 aromatic carbocycles. The normalized spacial score (nSPS) is 11.7. The van der Waals surface area contributed by atoms with Crippen LogP contribution >= 0.6 is 0 Å². The molecule has 4 heterocycles. The minimum atomic E-state index is 0.927. The van der Waals surface area contributed by atoms with Gasteiger partial charge in [-0.05, 0) is 96.1 Å². The highest BCUT2D eigenvalue weighted by Crippen LogP contribution is 2.39. The first kappa shape index (κ1) is 35.6. The molecule has 0 fully saturated rings. The molecule has 0 amide bonds. The van der Waals surface area contributed by atoms with Crippen LogP contribution in [0.3, 0.4) is 0 Å². The minimum absolute atomic E-state index is 0.927. The lowest BCUT2D eigenvalue weighted by molar-refractivity contribution is 1.33. The fourth-order valence-corrected chi connectivity index (χ4v) is 9.03. The number of rotatable bonds is 5. The van der Waals surface area contributed by atoms with Gasteiger partial charge in [0.05, 0.1) is 44.8 Å². The van der Waals surface area contributed by atoms with Gasteiger partial charge in [0.15, 0.2) is 0 Å². The minimum Gasteiger partial charge on any atom is -0.245 e. The molecule has 0 radical (unpaired) electrons. The molecule has 4 heteroatoms. The molecule has 0 spiro atoms. The Morgan fingerprint density at radius 1 is 0.233 bits per heavy atom. The lowest BCUT2D eigenvalue weighted by Crippen LogP contribution is -1.96. The van der Waals surface area contributed by atoms with Crippen LogP contribution in [0, 0.1) is 27.7 Å². The maximum absolute atomic E-state index is 5.40. The first-order valence-corrected chi connectivity index (χ1v) is 20.6. The van der Waals surface area contributed by atoms with Crippen molar-refractivity contribution in [2.24, 2.45) is 0 Å². The van der Waals surface area contributed by atoms with Crippen molar-refractivity contribution in [1.82, 2.24) is 19.9 Å². The smallest absolute Gasteiger partial charge is 0.0975 e. The summed E-state index contributed by atoms with van der Waals surface area (Å²) in [6, 6.07) is 60.1. The highest BCUT2D eigenvalue weighted by atomic mass is 14.8. The topological polar surface area (TPSA) is 51.6 Å². The number of aryl methyl sites for hydroxylation is 4. The quantitative estimate of drug-likeness (QED) is 0.164. The van der Waals surface area contributed by atoms with Gasteiger partial charge in [0, 0.05) is 43.8 Å². The Bertz CT molecular complexity index is 3500. The maximum Gasteiger partial charge on any atom is 0.0975 e. The van der Waals surface area contributed by atoms with E-state index >= 15 is 0 Å². The van der Waals surface area contributed by atoms with E-state index in [-0.39, 0.29) is 0 Å². The molecular weight excluding hydrogens is 729 g/mol. The number of pyridine rings is 4. The van der Waals surface area contributed by atoms with Crippen LogP contribution in [0.2, 0.25) is 0 Å². The second kappa shape index (κ2) is 14.1. The molecule has 0 N–H and O–H groups in total. The van der Waals surface area contributed by atoms with Crippen LogP contribution in [-0.4, -0.2) is 19.9 Å². The van der Waals surface area contributed by atoms with Crippen LogP contribution in [0.4, 0.5) is 0 Å². The Kier molecular flexibility index (Phi) is 8.35. The zero-order valence-corrected chi connectivity index (χ0v) is 34.0. The van der Waals surface area contributed by atoms with E-state index in [1.54, 1.807) is 0 Å². The van der Waals surface area contributed by atoms with Gasteiger partial charge in [-0.15, -0.1) is 0 Å². The fraction of sp³-hybridized carbons (Fsp3) is 0.0714. The fourth-order valence-electron chi connectivity index (χ4n) is 9.03. The molecule has 0 atom stereocenters. The van der Waals surface area contributed by atoms with Crippen LogP contribution < -0.4 is 0 Å². The molecule has 0 bridgehead atoms. The van der Waals surface area contributed by atoms with E-state index in [4.69, 9.17) is 19.9 Å². The van der Waals surface area contributed by atoms with Gasteiger partial charge >= 0.3 is 0 Å². The molecule has 60 heavy (non-hydrogen) atoms. The van der Waals surface area contributed by atoms with Gasteiger partial charge in [0.1, 0.15) is 0 Å². The summed E-state index contributed by atoms with van der Waals surface area (Å²) in [6.07, 6.45) is 0. The first-order valence-electron chi connectivity index (χ1n) is 20.6. The summed E-state index contributed by atoms with van der Waals surface area (Å²) in [5.74, 6) is 0. The molecule has 11 aromatic rings. The lowest BCUT2D eigenvalue weighted by atomic mass is 9.93. The first-order chi connectivity index (χ1) is 29.4. The average molecular weight is 769 g/mol. The molecule has 0 aliphatic carbocycles. The third-order valence-corrected chi connectivity index (χ3v) is 12.6. The molecule has 0 saturated carbocycles. The van der Waals surface area contributed by atoms with Crippen LogP contribution in [-0.2, 0) is 0 Å². The van der Waals surface area contributed by atoms with Gasteiger partial charge < -0.3 is 0 Å². The average Bonchev–Trinajstić information content (AvgIpc) is 3.32. The Balaban J connectivity index is 0.989. The number of fused-ring (bicyclic) bond motifs is 7. The van der Waals surface area contributed by atoms with Gasteiger partial charge in [-0.2, -0.15) is 0 Å². The van der Waals surface area contributed by atoms with Gasteiger partial charge in [-0.1, -0.05) is 146 Å². The number of hydrogen-bond donors (Lipinski definition) is 0. The molecule has 284 valence electrons. The molecule has 4 aromatic heterocycles. The van der Waals surface area contributed by atoms with Crippen molar-refractivity contribution in [2.45, 2.75) is 27.7 Å². The third kappa shape index (κ3) is 5.75. The molecule has 4 nitrogen and oxygen atoms in total. The monoisotopic (exact) mass is 768 g/mol. The Morgan fingerprint density at radius 3 is 1.00 bits per heavy atom. The van der Waals surface area contributed by atoms with Crippen molar-refractivity contribution < 1.29 is 0 Å². The summed E-state index contributed by atoms with van der Waals surface area (Å²) in [5, 5.41) is 6.89. The standard InChI is InChI=1S/C56H40N4/c1-33-34(2)42-27-31-51(59-54(42)53-41(33)25-29-49(57-53)38-13-7-5-8-14-38)40-23-21-37(22-24-40)45-17-11-19-47-46(45)18-12-20-48(47)52-32-28-44-36(4)35(3)43-26-30-50(39-15-9-6-10-16-39)58-55(43)56(44)60-52/h5-32H,1-4H3. The summed E-state index contributed by atoms with van der Waals surface area (Å²) in [4.78, 5) is 21.1. The predicted molar refractivity (Wildman–Crippen MR) is 251 cm³/mol. The van der Waals surface area contributed by atoms with Crippen LogP contribution in [0.15, 0.2) is 170 Å². The van der Waals surface area contributed by atoms with E-state index in [0.29, 0.717) is 0 Å². The molecular formula is C56H40N4. The summed E-state index contributed by atoms with van der Waals surface area (Å²) < 4.78 is 0. The molecule has 0 aliphatic heterocycles. The van der Waals surface area contributed by atoms with E-state index in [1.807, 2.05) is 12.1 Å².